The quantitative estimate of drug-likeness (QED) is 0.387. The Balaban J connectivity index is 1.51. The first-order chi connectivity index (χ1) is 14.7. The highest BCUT2D eigenvalue weighted by Crippen LogP contribution is 2.67. The number of hydrogen-bond acceptors (Lipinski definition) is 1. The van der Waals surface area contributed by atoms with E-state index in [1.165, 1.54) is 57.8 Å². The van der Waals surface area contributed by atoms with Gasteiger partial charge in [0.15, 0.2) is 0 Å². The molecule has 0 heterocycles. The summed E-state index contributed by atoms with van der Waals surface area (Å²) in [5.74, 6) is 5.88. The fourth-order valence-electron chi connectivity index (χ4n) is 9.01. The van der Waals surface area contributed by atoms with Gasteiger partial charge < -0.3 is 4.74 Å². The molecule has 3 saturated carbocycles. The van der Waals surface area contributed by atoms with E-state index in [1.807, 2.05) is 7.11 Å². The molecule has 0 aromatic carbocycles. The highest BCUT2D eigenvalue weighted by atomic mass is 16.5. The van der Waals surface area contributed by atoms with Crippen LogP contribution in [0.15, 0.2) is 23.8 Å². The molecule has 4 aliphatic carbocycles. The predicted octanol–water partition coefficient (Wildman–Crippen LogP) is 8.45. The molecule has 3 fully saturated rings. The first-order valence-electron chi connectivity index (χ1n) is 13.6. The van der Waals surface area contributed by atoms with Crippen LogP contribution < -0.4 is 0 Å². The molecule has 0 bridgehead atoms. The Morgan fingerprint density at radius 1 is 1.03 bits per heavy atom. The molecule has 0 aromatic heterocycles. The molecule has 0 amide bonds. The van der Waals surface area contributed by atoms with E-state index in [0.717, 1.165) is 41.4 Å². The number of hydrogen-bond donors (Lipinski definition) is 0. The van der Waals surface area contributed by atoms with E-state index in [9.17, 15) is 0 Å². The molecular formula is C30H50O. The van der Waals surface area contributed by atoms with Crippen molar-refractivity contribution in [2.24, 2.45) is 52.3 Å². The highest BCUT2D eigenvalue weighted by Gasteiger charge is 2.59. The summed E-state index contributed by atoms with van der Waals surface area (Å²) < 4.78 is 5.76. The second-order valence-corrected chi connectivity index (χ2v) is 12.6. The third kappa shape index (κ3) is 4.00. The van der Waals surface area contributed by atoms with E-state index >= 15 is 0 Å². The molecular weight excluding hydrogens is 376 g/mol. The van der Waals surface area contributed by atoms with E-state index in [0.29, 0.717) is 16.9 Å². The summed E-state index contributed by atoms with van der Waals surface area (Å²) in [6, 6.07) is 0. The molecule has 0 N–H and O–H groups in total. The molecule has 4 aliphatic rings. The predicted molar refractivity (Wildman–Crippen MR) is 133 cm³/mol. The number of allylic oxidation sites excluding steroid dienone is 3. The van der Waals surface area contributed by atoms with Gasteiger partial charge in [-0.25, -0.2) is 0 Å². The van der Waals surface area contributed by atoms with Crippen LogP contribution in [0.5, 0.6) is 0 Å². The van der Waals surface area contributed by atoms with E-state index < -0.39 is 0 Å². The third-order valence-electron chi connectivity index (χ3n) is 11.1. The van der Waals surface area contributed by atoms with Crippen LogP contribution in [-0.2, 0) is 4.74 Å². The van der Waals surface area contributed by atoms with Gasteiger partial charge in [-0.3, -0.25) is 0 Å². The lowest BCUT2D eigenvalue weighted by atomic mass is 9.47. The Bertz CT molecular complexity index is 689. The minimum Gasteiger partial charge on any atom is -0.381 e. The second kappa shape index (κ2) is 9.00. The zero-order valence-electron chi connectivity index (χ0n) is 21.6. The van der Waals surface area contributed by atoms with Gasteiger partial charge in [0, 0.05) is 7.11 Å². The lowest BCUT2D eigenvalue weighted by molar-refractivity contribution is -0.0572. The normalized spacial score (nSPS) is 44.5. The van der Waals surface area contributed by atoms with Gasteiger partial charge >= 0.3 is 0 Å². The molecule has 1 heteroatoms. The van der Waals surface area contributed by atoms with Crippen molar-refractivity contribution in [3.8, 4) is 0 Å². The smallest absolute Gasteiger partial charge is 0.0608 e. The van der Waals surface area contributed by atoms with Gasteiger partial charge in [-0.05, 0) is 110 Å². The zero-order valence-corrected chi connectivity index (χ0v) is 21.6. The molecule has 4 rings (SSSR count). The average Bonchev–Trinajstić information content (AvgIpc) is 3.10. The van der Waals surface area contributed by atoms with Gasteiger partial charge in [-0.1, -0.05) is 65.3 Å². The van der Waals surface area contributed by atoms with E-state index in [-0.39, 0.29) is 0 Å². The summed E-state index contributed by atoms with van der Waals surface area (Å²) in [7, 11) is 1.91. The van der Waals surface area contributed by atoms with E-state index in [4.69, 9.17) is 4.74 Å². The molecule has 176 valence electrons. The summed E-state index contributed by atoms with van der Waals surface area (Å²) in [6.45, 7) is 14.9. The van der Waals surface area contributed by atoms with Crippen molar-refractivity contribution in [2.75, 3.05) is 7.11 Å². The van der Waals surface area contributed by atoms with Crippen LogP contribution >= 0.6 is 0 Å². The lowest BCUT2D eigenvalue weighted by Crippen LogP contribution is -2.50. The van der Waals surface area contributed by atoms with Crippen molar-refractivity contribution >= 4 is 0 Å². The van der Waals surface area contributed by atoms with Crippen molar-refractivity contribution in [1.29, 1.82) is 0 Å². The molecule has 9 atom stereocenters. The van der Waals surface area contributed by atoms with Gasteiger partial charge in [0.2, 0.25) is 0 Å². The standard InChI is InChI=1S/C30H50O/c1-8-22(20(2)3)10-9-21(4)26-13-14-27-25-12-11-23-19-24(31-7)15-17-29(23,5)28(25)16-18-30(26,27)6/h9-11,20-22,24-28H,8,12-19H2,1-7H3/b10-9+/t21-,22-,24+,25+,26-,27-,28-,29+,30-/m1/s1. The fourth-order valence-corrected chi connectivity index (χ4v) is 9.01. The van der Waals surface area contributed by atoms with Crippen LogP contribution in [0.2, 0.25) is 0 Å². The van der Waals surface area contributed by atoms with Crippen molar-refractivity contribution in [3.63, 3.8) is 0 Å². The first-order valence-corrected chi connectivity index (χ1v) is 13.6. The molecule has 0 radical (unpaired) electrons. The van der Waals surface area contributed by atoms with Crippen molar-refractivity contribution in [3.05, 3.63) is 23.8 Å². The summed E-state index contributed by atoms with van der Waals surface area (Å²) >= 11 is 0. The topological polar surface area (TPSA) is 9.23 Å². The Kier molecular flexibility index (Phi) is 6.85. The number of fused-ring (bicyclic) bond motifs is 5. The summed E-state index contributed by atoms with van der Waals surface area (Å²) in [5.41, 5.74) is 2.75. The first kappa shape index (κ1) is 23.6. The van der Waals surface area contributed by atoms with E-state index in [1.54, 1.807) is 5.57 Å². The summed E-state index contributed by atoms with van der Waals surface area (Å²) in [6.07, 6.45) is 20.6. The number of methoxy groups -OCH3 is 1. The molecule has 0 saturated heterocycles. The molecule has 0 spiro atoms. The van der Waals surface area contributed by atoms with Crippen LogP contribution in [-0.4, -0.2) is 13.2 Å². The zero-order chi connectivity index (χ0) is 22.4. The monoisotopic (exact) mass is 426 g/mol. The van der Waals surface area contributed by atoms with Crippen LogP contribution in [0.25, 0.3) is 0 Å². The third-order valence-corrected chi connectivity index (χ3v) is 11.1. The van der Waals surface area contributed by atoms with Crippen molar-refractivity contribution < 1.29 is 4.74 Å². The molecule has 0 aliphatic heterocycles. The minimum atomic E-state index is 0.453. The summed E-state index contributed by atoms with van der Waals surface area (Å²) in [4.78, 5) is 0. The van der Waals surface area contributed by atoms with Gasteiger partial charge in [0.05, 0.1) is 6.10 Å². The number of ether oxygens (including phenoxy) is 1. The van der Waals surface area contributed by atoms with Crippen LogP contribution in [0.1, 0.15) is 99.3 Å². The molecule has 31 heavy (non-hydrogen) atoms. The maximum atomic E-state index is 5.76. The van der Waals surface area contributed by atoms with Gasteiger partial charge in [-0.15, -0.1) is 0 Å². The van der Waals surface area contributed by atoms with Gasteiger partial charge in [0.1, 0.15) is 0 Å². The Morgan fingerprint density at radius 3 is 2.48 bits per heavy atom. The van der Waals surface area contributed by atoms with Gasteiger partial charge in [-0.2, -0.15) is 0 Å². The summed E-state index contributed by atoms with van der Waals surface area (Å²) in [5, 5.41) is 0. The Morgan fingerprint density at radius 2 is 1.81 bits per heavy atom. The average molecular weight is 427 g/mol. The van der Waals surface area contributed by atoms with Crippen LogP contribution in [0, 0.1) is 52.3 Å². The largest absolute Gasteiger partial charge is 0.381 e. The molecule has 1 nitrogen and oxygen atoms in total. The Hall–Kier alpha value is -0.560. The van der Waals surface area contributed by atoms with Crippen molar-refractivity contribution in [2.45, 2.75) is 105 Å². The number of rotatable bonds is 6. The van der Waals surface area contributed by atoms with Crippen LogP contribution in [0.4, 0.5) is 0 Å². The SMILES string of the molecule is CC[C@H](/C=C/[C@@H](C)[C@H]1CC[C@@H]2[C@@H]3CC=C4C[C@@H](OC)CC[C@]4(C)[C@@H]3CC[C@@]21C)C(C)C. The maximum Gasteiger partial charge on any atom is 0.0608 e. The lowest BCUT2D eigenvalue weighted by Gasteiger charge is -2.58. The Labute approximate surface area is 193 Å². The molecule has 0 aromatic rings. The van der Waals surface area contributed by atoms with E-state index in [2.05, 4.69) is 59.8 Å². The second-order valence-electron chi connectivity index (χ2n) is 12.6. The van der Waals surface area contributed by atoms with Crippen molar-refractivity contribution in [1.82, 2.24) is 0 Å². The highest BCUT2D eigenvalue weighted by molar-refractivity contribution is 5.25. The minimum absolute atomic E-state index is 0.453. The molecule has 0 unspecified atom stereocenters. The van der Waals surface area contributed by atoms with Gasteiger partial charge in [0.25, 0.3) is 0 Å². The maximum absolute atomic E-state index is 5.76. The van der Waals surface area contributed by atoms with Crippen LogP contribution in [0.3, 0.4) is 0 Å². The fraction of sp³-hybridized carbons (Fsp3) is 0.867.